The molecule has 0 bridgehead atoms. The number of carboxylic acids is 1. The fraction of sp³-hybridized carbons (Fsp3) is 0.706. The molecule has 0 heterocycles. The van der Waals surface area contributed by atoms with Gasteiger partial charge in [-0.3, -0.25) is 4.79 Å². The topological polar surface area (TPSA) is 37.3 Å². The molecule has 0 aliphatic rings. The first-order chi connectivity index (χ1) is 9.27. The molecule has 0 radical (unpaired) electrons. The van der Waals surface area contributed by atoms with Crippen molar-refractivity contribution in [2.75, 3.05) is 0 Å². The maximum absolute atomic E-state index is 10.3. The molecule has 0 aliphatic carbocycles. The number of carboxylic acid groups (broad SMARTS) is 1. The van der Waals surface area contributed by atoms with Crippen LogP contribution in [0.5, 0.6) is 0 Å². The summed E-state index contributed by atoms with van der Waals surface area (Å²) in [5.74, 6) is -0.669. The quantitative estimate of drug-likeness (QED) is 0.353. The summed E-state index contributed by atoms with van der Waals surface area (Å²) in [6.45, 7) is 2.21. The zero-order valence-corrected chi connectivity index (χ0v) is 12.4. The molecule has 1 N–H and O–H groups in total. The molecule has 0 aromatic heterocycles. The second kappa shape index (κ2) is 15.0. The van der Waals surface area contributed by atoms with Crippen LogP contribution < -0.4 is 0 Å². The van der Waals surface area contributed by atoms with Crippen LogP contribution >= 0.6 is 0 Å². The monoisotopic (exact) mass is 266 g/mol. The molecule has 0 aromatic rings. The Hall–Kier alpha value is -1.05. The number of unbranched alkanes of at least 4 members (excludes halogenated alkanes) is 8. The Morgan fingerprint density at radius 2 is 1.37 bits per heavy atom. The van der Waals surface area contributed by atoms with Crippen molar-refractivity contribution in [1.29, 1.82) is 0 Å². The Labute approximate surface area is 118 Å². The zero-order chi connectivity index (χ0) is 14.2. The SMILES string of the molecule is CCCC/C=C\C=C/CCCCCCCCC(=O)O. The molecule has 2 heteroatoms. The van der Waals surface area contributed by atoms with Crippen molar-refractivity contribution in [3.63, 3.8) is 0 Å². The summed E-state index contributed by atoms with van der Waals surface area (Å²) < 4.78 is 0. The molecule has 0 aromatic carbocycles. The van der Waals surface area contributed by atoms with E-state index in [4.69, 9.17) is 5.11 Å². The van der Waals surface area contributed by atoms with E-state index in [1.165, 1.54) is 44.9 Å². The Kier molecular flexibility index (Phi) is 14.2. The predicted molar refractivity (Wildman–Crippen MR) is 82.4 cm³/mol. The van der Waals surface area contributed by atoms with Crippen LogP contribution in [-0.4, -0.2) is 11.1 Å². The minimum Gasteiger partial charge on any atom is -0.481 e. The number of allylic oxidation sites excluding steroid dienone is 4. The van der Waals surface area contributed by atoms with E-state index in [9.17, 15) is 4.79 Å². The molecule has 110 valence electrons. The molecular weight excluding hydrogens is 236 g/mol. The highest BCUT2D eigenvalue weighted by molar-refractivity contribution is 5.66. The van der Waals surface area contributed by atoms with E-state index in [1.807, 2.05) is 0 Å². The number of hydrogen-bond acceptors (Lipinski definition) is 1. The average Bonchev–Trinajstić information content (AvgIpc) is 2.39. The van der Waals surface area contributed by atoms with E-state index in [0.29, 0.717) is 6.42 Å². The number of carbonyl (C=O) groups is 1. The minimum absolute atomic E-state index is 0.326. The number of hydrogen-bond donors (Lipinski definition) is 1. The van der Waals surface area contributed by atoms with Crippen molar-refractivity contribution in [2.24, 2.45) is 0 Å². The van der Waals surface area contributed by atoms with Gasteiger partial charge in [0.15, 0.2) is 0 Å². The van der Waals surface area contributed by atoms with Gasteiger partial charge in [0.05, 0.1) is 0 Å². The van der Waals surface area contributed by atoms with Gasteiger partial charge in [-0.2, -0.15) is 0 Å². The molecule has 0 fully saturated rings. The van der Waals surface area contributed by atoms with Crippen LogP contribution in [0.4, 0.5) is 0 Å². The van der Waals surface area contributed by atoms with Crippen LogP contribution in [0.15, 0.2) is 24.3 Å². The highest BCUT2D eigenvalue weighted by atomic mass is 16.4. The Morgan fingerprint density at radius 3 is 1.95 bits per heavy atom. The van der Waals surface area contributed by atoms with E-state index in [1.54, 1.807) is 0 Å². The summed E-state index contributed by atoms with van der Waals surface area (Å²) >= 11 is 0. The van der Waals surface area contributed by atoms with Gasteiger partial charge in [0.2, 0.25) is 0 Å². The first-order valence-electron chi connectivity index (χ1n) is 7.80. The molecule has 0 saturated heterocycles. The summed E-state index contributed by atoms with van der Waals surface area (Å²) in [5.41, 5.74) is 0. The van der Waals surface area contributed by atoms with Crippen LogP contribution in [0.3, 0.4) is 0 Å². The van der Waals surface area contributed by atoms with Gasteiger partial charge >= 0.3 is 5.97 Å². The van der Waals surface area contributed by atoms with Crippen molar-refractivity contribution in [1.82, 2.24) is 0 Å². The molecule has 0 aliphatic heterocycles. The van der Waals surface area contributed by atoms with Crippen molar-refractivity contribution < 1.29 is 9.90 Å². The van der Waals surface area contributed by atoms with Crippen LogP contribution in [0.1, 0.15) is 77.6 Å². The molecule has 0 rings (SSSR count). The normalized spacial score (nSPS) is 11.6. The largest absolute Gasteiger partial charge is 0.481 e. The lowest BCUT2D eigenvalue weighted by Gasteiger charge is -1.99. The van der Waals surface area contributed by atoms with Gasteiger partial charge in [-0.05, 0) is 25.7 Å². The fourth-order valence-corrected chi connectivity index (χ4v) is 1.92. The van der Waals surface area contributed by atoms with E-state index >= 15 is 0 Å². The molecule has 19 heavy (non-hydrogen) atoms. The van der Waals surface area contributed by atoms with Gasteiger partial charge in [-0.1, -0.05) is 69.8 Å². The second-order valence-corrected chi connectivity index (χ2v) is 5.05. The number of aliphatic carboxylic acids is 1. The zero-order valence-electron chi connectivity index (χ0n) is 12.4. The molecule has 0 spiro atoms. The lowest BCUT2D eigenvalue weighted by molar-refractivity contribution is -0.137. The standard InChI is InChI=1S/C17H30O2/c1-2-3-4-5-6-7-8-9-10-11-12-13-14-15-16-17(18)19/h5-8H,2-4,9-16H2,1H3,(H,18,19)/b6-5-,8-7-. The van der Waals surface area contributed by atoms with Crippen molar-refractivity contribution >= 4 is 5.97 Å². The van der Waals surface area contributed by atoms with E-state index in [-0.39, 0.29) is 0 Å². The van der Waals surface area contributed by atoms with Gasteiger partial charge < -0.3 is 5.11 Å². The Morgan fingerprint density at radius 1 is 0.842 bits per heavy atom. The van der Waals surface area contributed by atoms with Crippen LogP contribution in [0, 0.1) is 0 Å². The van der Waals surface area contributed by atoms with Crippen LogP contribution in [0.2, 0.25) is 0 Å². The predicted octanol–water partition coefficient (Wildman–Crippen LogP) is 5.49. The van der Waals surface area contributed by atoms with Gasteiger partial charge in [0, 0.05) is 6.42 Å². The minimum atomic E-state index is -0.669. The summed E-state index contributed by atoms with van der Waals surface area (Å²) in [4.78, 5) is 10.3. The third kappa shape index (κ3) is 16.9. The van der Waals surface area contributed by atoms with Gasteiger partial charge in [-0.15, -0.1) is 0 Å². The second-order valence-electron chi connectivity index (χ2n) is 5.05. The third-order valence-electron chi connectivity index (χ3n) is 3.12. The first-order valence-corrected chi connectivity index (χ1v) is 7.80. The maximum Gasteiger partial charge on any atom is 0.303 e. The van der Waals surface area contributed by atoms with Crippen molar-refractivity contribution in [3.8, 4) is 0 Å². The first kappa shape index (κ1) is 17.9. The van der Waals surface area contributed by atoms with Crippen LogP contribution in [0.25, 0.3) is 0 Å². The summed E-state index contributed by atoms with van der Waals surface area (Å²) in [6, 6.07) is 0. The van der Waals surface area contributed by atoms with Crippen molar-refractivity contribution in [3.05, 3.63) is 24.3 Å². The summed E-state index contributed by atoms with van der Waals surface area (Å²) in [7, 11) is 0. The Balaban J connectivity index is 3.15. The molecule has 0 unspecified atom stereocenters. The third-order valence-corrected chi connectivity index (χ3v) is 3.12. The van der Waals surface area contributed by atoms with E-state index in [0.717, 1.165) is 19.3 Å². The highest BCUT2D eigenvalue weighted by Crippen LogP contribution is 2.08. The molecule has 0 atom stereocenters. The molecule has 0 amide bonds. The van der Waals surface area contributed by atoms with Crippen LogP contribution in [-0.2, 0) is 4.79 Å². The van der Waals surface area contributed by atoms with Gasteiger partial charge in [0.1, 0.15) is 0 Å². The maximum atomic E-state index is 10.3. The average molecular weight is 266 g/mol. The van der Waals surface area contributed by atoms with Crippen molar-refractivity contribution in [2.45, 2.75) is 77.6 Å². The van der Waals surface area contributed by atoms with E-state index in [2.05, 4.69) is 31.2 Å². The smallest absolute Gasteiger partial charge is 0.303 e. The number of rotatable bonds is 13. The van der Waals surface area contributed by atoms with Gasteiger partial charge in [-0.25, -0.2) is 0 Å². The van der Waals surface area contributed by atoms with E-state index < -0.39 is 5.97 Å². The Bertz CT molecular complexity index is 254. The molecule has 2 nitrogen and oxygen atoms in total. The molecule has 0 saturated carbocycles. The van der Waals surface area contributed by atoms with Gasteiger partial charge in [0.25, 0.3) is 0 Å². The fourth-order valence-electron chi connectivity index (χ4n) is 1.92. The lowest BCUT2D eigenvalue weighted by atomic mass is 10.1. The lowest BCUT2D eigenvalue weighted by Crippen LogP contribution is -1.93. The summed E-state index contributed by atoms with van der Waals surface area (Å²) in [5, 5.41) is 8.49. The molecular formula is C17H30O2. The highest BCUT2D eigenvalue weighted by Gasteiger charge is 1.95. The summed E-state index contributed by atoms with van der Waals surface area (Å²) in [6.07, 6.45) is 20.8.